The van der Waals surface area contributed by atoms with E-state index in [9.17, 15) is 5.11 Å². The fourth-order valence-corrected chi connectivity index (χ4v) is 4.70. The first-order valence-corrected chi connectivity index (χ1v) is 8.93. The summed E-state index contributed by atoms with van der Waals surface area (Å²) in [5.41, 5.74) is 0.864. The normalized spacial score (nSPS) is 29.8. The summed E-state index contributed by atoms with van der Waals surface area (Å²) in [7, 11) is 0. The molecule has 2 heterocycles. The van der Waals surface area contributed by atoms with Gasteiger partial charge in [-0.25, -0.2) is 0 Å². The summed E-state index contributed by atoms with van der Waals surface area (Å²) < 4.78 is 13.1. The lowest BCUT2D eigenvalue weighted by atomic mass is 9.91. The highest BCUT2D eigenvalue weighted by molar-refractivity contribution is 9.10. The van der Waals surface area contributed by atoms with E-state index in [1.807, 2.05) is 30.0 Å². The first-order valence-electron chi connectivity index (χ1n) is 6.98. The molecule has 0 amide bonds. The topological polar surface area (TPSA) is 38.7 Å². The number of benzene rings is 1. The Bertz CT molecular complexity index is 474. The van der Waals surface area contributed by atoms with E-state index in [1.54, 1.807) is 0 Å². The van der Waals surface area contributed by atoms with Crippen molar-refractivity contribution in [3.8, 4) is 5.75 Å². The molecule has 2 aliphatic rings. The van der Waals surface area contributed by atoms with Crippen molar-refractivity contribution in [2.75, 3.05) is 18.1 Å². The molecule has 1 spiro atoms. The van der Waals surface area contributed by atoms with Crippen molar-refractivity contribution in [2.45, 2.75) is 37.6 Å². The third-order valence-corrected chi connectivity index (χ3v) is 5.72. The monoisotopic (exact) mass is 358 g/mol. The Labute approximate surface area is 132 Å². The zero-order valence-electron chi connectivity index (χ0n) is 11.3. The zero-order valence-corrected chi connectivity index (χ0v) is 13.7. The summed E-state index contributed by atoms with van der Waals surface area (Å²) in [6.07, 6.45) is 3.20. The number of hydrogen-bond donors (Lipinski definition) is 1. The summed E-state index contributed by atoms with van der Waals surface area (Å²) in [5.74, 6) is 3.07. The second-order valence-electron chi connectivity index (χ2n) is 5.48. The summed E-state index contributed by atoms with van der Waals surface area (Å²) >= 11 is 5.39. The van der Waals surface area contributed by atoms with Crippen LogP contribution in [-0.4, -0.2) is 34.9 Å². The van der Waals surface area contributed by atoms with Gasteiger partial charge in [-0.3, -0.25) is 0 Å². The highest BCUT2D eigenvalue weighted by atomic mass is 79.9. The Balaban J connectivity index is 1.71. The van der Waals surface area contributed by atoms with Gasteiger partial charge in [0.15, 0.2) is 0 Å². The highest BCUT2D eigenvalue weighted by Gasteiger charge is 2.41. The van der Waals surface area contributed by atoms with Crippen molar-refractivity contribution in [1.82, 2.24) is 0 Å². The van der Waals surface area contributed by atoms with Crippen LogP contribution in [-0.2, 0) is 11.3 Å². The lowest BCUT2D eigenvalue weighted by molar-refractivity contribution is -0.0961. The van der Waals surface area contributed by atoms with Gasteiger partial charge >= 0.3 is 0 Å². The zero-order chi connectivity index (χ0) is 14.0. The molecular formula is C15H19BrO3S. The largest absolute Gasteiger partial charge is 0.490 e. The first kappa shape index (κ1) is 14.7. The number of aliphatic hydroxyl groups is 1. The molecule has 0 radical (unpaired) electrons. The Hall–Kier alpha value is -0.230. The van der Waals surface area contributed by atoms with Crippen LogP contribution in [0.1, 0.15) is 24.8 Å². The lowest BCUT2D eigenvalue weighted by Gasteiger charge is -2.37. The highest BCUT2D eigenvalue weighted by Crippen LogP contribution is 2.39. The fourth-order valence-electron chi connectivity index (χ4n) is 2.91. The number of rotatable bonds is 3. The molecule has 0 saturated carbocycles. The summed E-state index contributed by atoms with van der Waals surface area (Å²) in [6, 6.07) is 5.80. The predicted octanol–water partition coefficient (Wildman–Crippen LogP) is 3.37. The molecule has 20 heavy (non-hydrogen) atoms. The average Bonchev–Trinajstić information content (AvgIpc) is 2.89. The molecule has 2 unspecified atom stereocenters. The van der Waals surface area contributed by atoms with Gasteiger partial charge < -0.3 is 14.6 Å². The summed E-state index contributed by atoms with van der Waals surface area (Å²) in [6.45, 7) is 0.773. The van der Waals surface area contributed by atoms with Crippen molar-refractivity contribution < 1.29 is 14.6 Å². The second kappa shape index (κ2) is 6.26. The number of halogens is 1. The third-order valence-electron chi connectivity index (χ3n) is 4.00. The van der Waals surface area contributed by atoms with Crippen LogP contribution in [0.15, 0.2) is 22.7 Å². The quantitative estimate of drug-likeness (QED) is 0.898. The molecule has 2 aliphatic heterocycles. The van der Waals surface area contributed by atoms with Gasteiger partial charge in [-0.2, -0.15) is 11.8 Å². The maximum atomic E-state index is 9.45. The number of aliphatic hydroxyl groups excluding tert-OH is 1. The summed E-state index contributed by atoms with van der Waals surface area (Å²) in [5, 5.41) is 9.45. The van der Waals surface area contributed by atoms with Crippen LogP contribution < -0.4 is 4.74 Å². The Morgan fingerprint density at radius 2 is 2.40 bits per heavy atom. The second-order valence-corrected chi connectivity index (χ2v) is 7.50. The van der Waals surface area contributed by atoms with Gasteiger partial charge in [-0.05, 0) is 30.4 Å². The Morgan fingerprint density at radius 3 is 3.15 bits per heavy atom. The van der Waals surface area contributed by atoms with Gasteiger partial charge in [0.25, 0.3) is 0 Å². The van der Waals surface area contributed by atoms with Crippen LogP contribution in [0.3, 0.4) is 0 Å². The smallest absolute Gasteiger partial charge is 0.125 e. The van der Waals surface area contributed by atoms with Gasteiger partial charge in [0.1, 0.15) is 11.9 Å². The van der Waals surface area contributed by atoms with Crippen molar-refractivity contribution in [2.24, 2.45) is 0 Å². The summed E-state index contributed by atoms with van der Waals surface area (Å²) in [4.78, 5) is 0. The number of hydrogen-bond acceptors (Lipinski definition) is 4. The van der Waals surface area contributed by atoms with Gasteiger partial charge in [0, 0.05) is 28.6 Å². The minimum atomic E-state index is -0.00100. The molecule has 3 rings (SSSR count). The molecular weight excluding hydrogens is 340 g/mol. The Morgan fingerprint density at radius 1 is 1.50 bits per heavy atom. The minimum Gasteiger partial charge on any atom is -0.490 e. The maximum absolute atomic E-state index is 9.45. The van der Waals surface area contributed by atoms with Gasteiger partial charge in [0.05, 0.1) is 18.8 Å². The maximum Gasteiger partial charge on any atom is 0.125 e. The molecule has 2 saturated heterocycles. The number of thioether (sulfide) groups is 1. The van der Waals surface area contributed by atoms with Crippen LogP contribution in [0, 0.1) is 0 Å². The molecule has 2 atom stereocenters. The van der Waals surface area contributed by atoms with E-state index >= 15 is 0 Å². The van der Waals surface area contributed by atoms with Crippen LogP contribution in [0.25, 0.3) is 0 Å². The van der Waals surface area contributed by atoms with Crippen molar-refractivity contribution in [1.29, 1.82) is 0 Å². The van der Waals surface area contributed by atoms with Gasteiger partial charge in [0.2, 0.25) is 0 Å². The van der Waals surface area contributed by atoms with E-state index in [2.05, 4.69) is 15.9 Å². The molecule has 110 valence electrons. The minimum absolute atomic E-state index is 0.00100. The van der Waals surface area contributed by atoms with E-state index < -0.39 is 0 Å². The lowest BCUT2D eigenvalue weighted by Crippen LogP contribution is -2.43. The first-order chi connectivity index (χ1) is 9.71. The van der Waals surface area contributed by atoms with E-state index in [1.165, 1.54) is 5.75 Å². The third kappa shape index (κ3) is 3.16. The van der Waals surface area contributed by atoms with E-state index in [0.717, 1.165) is 47.4 Å². The fraction of sp³-hybridized carbons (Fsp3) is 0.600. The Kier molecular flexibility index (Phi) is 4.60. The number of ether oxygens (including phenoxy) is 2. The van der Waals surface area contributed by atoms with Crippen molar-refractivity contribution in [3.05, 3.63) is 28.2 Å². The van der Waals surface area contributed by atoms with E-state index in [0.29, 0.717) is 0 Å². The molecule has 1 N–H and O–H groups in total. The van der Waals surface area contributed by atoms with E-state index in [4.69, 9.17) is 9.47 Å². The molecule has 2 fully saturated rings. The molecule has 0 aromatic heterocycles. The average molecular weight is 359 g/mol. The SMILES string of the molecule is OCc1cc(Br)ccc1OC1CCOC2(CCSC2)C1. The molecule has 1 aromatic carbocycles. The molecule has 3 nitrogen and oxygen atoms in total. The molecule has 5 heteroatoms. The van der Waals surface area contributed by atoms with Gasteiger partial charge in [-0.1, -0.05) is 15.9 Å². The van der Waals surface area contributed by atoms with E-state index in [-0.39, 0.29) is 18.3 Å². The standard InChI is InChI=1S/C15H19BrO3S/c16-12-1-2-14(11(7-12)9-17)19-13-3-5-18-15(8-13)4-6-20-10-15/h1-2,7,13,17H,3-6,8-10H2. The van der Waals surface area contributed by atoms with Crippen LogP contribution in [0.4, 0.5) is 0 Å². The van der Waals surface area contributed by atoms with Crippen LogP contribution >= 0.6 is 27.7 Å². The van der Waals surface area contributed by atoms with Crippen LogP contribution in [0.2, 0.25) is 0 Å². The molecule has 0 aliphatic carbocycles. The molecule has 0 bridgehead atoms. The predicted molar refractivity (Wildman–Crippen MR) is 84.3 cm³/mol. The van der Waals surface area contributed by atoms with Gasteiger partial charge in [-0.15, -0.1) is 0 Å². The van der Waals surface area contributed by atoms with Crippen molar-refractivity contribution >= 4 is 27.7 Å². The van der Waals surface area contributed by atoms with Crippen molar-refractivity contribution in [3.63, 3.8) is 0 Å². The molecule has 1 aromatic rings. The van der Waals surface area contributed by atoms with Crippen LogP contribution in [0.5, 0.6) is 5.75 Å².